The van der Waals surface area contributed by atoms with Gasteiger partial charge in [-0.3, -0.25) is 0 Å². The predicted molar refractivity (Wildman–Crippen MR) is 82.9 cm³/mol. The molecule has 8 heteroatoms. The van der Waals surface area contributed by atoms with Gasteiger partial charge in [0.1, 0.15) is 4.21 Å². The minimum atomic E-state index is -3.52. The predicted octanol–water partition coefficient (Wildman–Crippen LogP) is 2.19. The molecule has 0 fully saturated rings. The summed E-state index contributed by atoms with van der Waals surface area (Å²) in [6.07, 6.45) is 0.129. The largest absolute Gasteiger partial charge is 0.450 e. The number of hydrogen-bond donors (Lipinski definition) is 2. The molecule has 1 aromatic rings. The van der Waals surface area contributed by atoms with Gasteiger partial charge in [-0.15, -0.1) is 11.3 Å². The van der Waals surface area contributed by atoms with E-state index in [0.717, 1.165) is 11.3 Å². The van der Waals surface area contributed by atoms with Crippen molar-refractivity contribution in [2.75, 3.05) is 13.2 Å². The second-order valence-corrected chi connectivity index (χ2v) is 7.92. The third-order valence-electron chi connectivity index (χ3n) is 2.63. The fourth-order valence-corrected chi connectivity index (χ4v) is 3.92. The van der Waals surface area contributed by atoms with Gasteiger partial charge in [0.2, 0.25) is 10.0 Å². The molecular formula is C13H22N2O4S2. The molecule has 0 radical (unpaired) electrons. The van der Waals surface area contributed by atoms with Crippen LogP contribution in [-0.4, -0.2) is 33.7 Å². The van der Waals surface area contributed by atoms with Crippen molar-refractivity contribution in [1.29, 1.82) is 0 Å². The van der Waals surface area contributed by atoms with Crippen LogP contribution in [0.4, 0.5) is 4.79 Å². The van der Waals surface area contributed by atoms with E-state index in [1.54, 1.807) is 24.4 Å². The molecule has 0 aliphatic heterocycles. The van der Waals surface area contributed by atoms with E-state index in [4.69, 9.17) is 4.74 Å². The monoisotopic (exact) mass is 334 g/mol. The standard InChI is InChI=1S/C13H22N2O4S2/c1-4-19-13(16)15-11(8-10(2)3)9-14-21(17,18)12-6-5-7-20-12/h5-7,10-11,14H,4,8-9H2,1-3H3,(H,15,16)/t11-/m1/s1. The van der Waals surface area contributed by atoms with Gasteiger partial charge in [0.25, 0.3) is 0 Å². The molecule has 2 N–H and O–H groups in total. The minimum absolute atomic E-state index is 0.136. The maximum Gasteiger partial charge on any atom is 0.407 e. The zero-order chi connectivity index (χ0) is 15.9. The lowest BCUT2D eigenvalue weighted by Gasteiger charge is -2.20. The second kappa shape index (κ2) is 8.35. The van der Waals surface area contributed by atoms with Gasteiger partial charge >= 0.3 is 6.09 Å². The van der Waals surface area contributed by atoms with Crippen LogP contribution in [0.5, 0.6) is 0 Å². The Morgan fingerprint density at radius 1 is 1.43 bits per heavy atom. The number of sulfonamides is 1. The highest BCUT2D eigenvalue weighted by Gasteiger charge is 2.20. The van der Waals surface area contributed by atoms with Crippen LogP contribution in [0.25, 0.3) is 0 Å². The molecule has 0 bridgehead atoms. The molecule has 120 valence electrons. The summed E-state index contributed by atoms with van der Waals surface area (Å²) < 4.78 is 31.7. The van der Waals surface area contributed by atoms with Gasteiger partial charge in [-0.2, -0.15) is 0 Å². The second-order valence-electron chi connectivity index (χ2n) is 4.98. The quantitative estimate of drug-likeness (QED) is 0.763. The summed E-state index contributed by atoms with van der Waals surface area (Å²) in [5.74, 6) is 0.322. The third-order valence-corrected chi connectivity index (χ3v) is 5.45. The summed E-state index contributed by atoms with van der Waals surface area (Å²) in [5, 5.41) is 4.39. The van der Waals surface area contributed by atoms with Gasteiger partial charge < -0.3 is 10.1 Å². The topological polar surface area (TPSA) is 84.5 Å². The summed E-state index contributed by atoms with van der Waals surface area (Å²) in [7, 11) is -3.52. The first-order valence-electron chi connectivity index (χ1n) is 6.81. The highest BCUT2D eigenvalue weighted by atomic mass is 32.2. The number of hydrogen-bond acceptors (Lipinski definition) is 5. The molecule has 0 aliphatic carbocycles. The van der Waals surface area contributed by atoms with E-state index >= 15 is 0 Å². The summed E-state index contributed by atoms with van der Waals surface area (Å²) >= 11 is 1.15. The number of carbonyl (C=O) groups is 1. The normalized spacial score (nSPS) is 13.1. The number of amides is 1. The van der Waals surface area contributed by atoms with Crippen LogP contribution in [-0.2, 0) is 14.8 Å². The van der Waals surface area contributed by atoms with E-state index in [1.165, 1.54) is 0 Å². The molecule has 1 rings (SSSR count). The maximum atomic E-state index is 12.1. The van der Waals surface area contributed by atoms with Crippen LogP contribution < -0.4 is 10.0 Å². The van der Waals surface area contributed by atoms with Crippen LogP contribution in [0.15, 0.2) is 21.7 Å². The first-order chi connectivity index (χ1) is 9.85. The van der Waals surface area contributed by atoms with Crippen molar-refractivity contribution in [3.05, 3.63) is 17.5 Å². The first kappa shape index (κ1) is 17.9. The van der Waals surface area contributed by atoms with Gasteiger partial charge in [0, 0.05) is 12.6 Å². The fourth-order valence-electron chi connectivity index (χ4n) is 1.80. The molecule has 0 aliphatic rings. The van der Waals surface area contributed by atoms with Crippen LogP contribution in [0.2, 0.25) is 0 Å². The molecule has 1 aromatic heterocycles. The zero-order valence-electron chi connectivity index (χ0n) is 12.5. The highest BCUT2D eigenvalue weighted by Crippen LogP contribution is 2.15. The smallest absolute Gasteiger partial charge is 0.407 e. The van der Waals surface area contributed by atoms with Gasteiger partial charge in [0.05, 0.1) is 6.61 Å². The molecule has 0 spiro atoms. The number of rotatable bonds is 8. The lowest BCUT2D eigenvalue weighted by atomic mass is 10.0. The van der Waals surface area contributed by atoms with E-state index < -0.39 is 16.1 Å². The van der Waals surface area contributed by atoms with Crippen LogP contribution in [0.3, 0.4) is 0 Å². The Morgan fingerprint density at radius 2 is 2.14 bits per heavy atom. The van der Waals surface area contributed by atoms with Gasteiger partial charge in [0.15, 0.2) is 0 Å². The molecule has 1 amide bonds. The lowest BCUT2D eigenvalue weighted by molar-refractivity contribution is 0.146. The Bertz CT molecular complexity index is 526. The first-order valence-corrected chi connectivity index (χ1v) is 9.18. The number of nitrogens with one attached hydrogen (secondary N) is 2. The Labute approximate surface area is 129 Å². The van der Waals surface area contributed by atoms with Crippen molar-refractivity contribution in [2.45, 2.75) is 37.4 Å². The van der Waals surface area contributed by atoms with E-state index in [9.17, 15) is 13.2 Å². The van der Waals surface area contributed by atoms with Crippen molar-refractivity contribution < 1.29 is 17.9 Å². The molecule has 6 nitrogen and oxygen atoms in total. The van der Waals surface area contributed by atoms with Crippen LogP contribution in [0, 0.1) is 5.92 Å². The Hall–Kier alpha value is -1.12. The fraction of sp³-hybridized carbons (Fsp3) is 0.615. The van der Waals surface area contributed by atoms with Gasteiger partial charge in [-0.1, -0.05) is 19.9 Å². The lowest BCUT2D eigenvalue weighted by Crippen LogP contribution is -2.44. The van der Waals surface area contributed by atoms with Crippen LogP contribution >= 0.6 is 11.3 Å². The summed E-state index contributed by atoms with van der Waals surface area (Å²) in [6.45, 7) is 6.15. The summed E-state index contributed by atoms with van der Waals surface area (Å²) in [5.41, 5.74) is 0. The van der Waals surface area contributed by atoms with Crippen molar-refractivity contribution in [1.82, 2.24) is 10.0 Å². The number of alkyl carbamates (subject to hydrolysis) is 1. The molecule has 0 saturated carbocycles. The third kappa shape index (κ3) is 6.45. The Morgan fingerprint density at radius 3 is 2.67 bits per heavy atom. The molecule has 0 unspecified atom stereocenters. The molecule has 1 heterocycles. The van der Waals surface area contributed by atoms with Crippen molar-refractivity contribution in [3.63, 3.8) is 0 Å². The molecule has 0 saturated heterocycles. The van der Waals surface area contributed by atoms with Crippen LogP contribution in [0.1, 0.15) is 27.2 Å². The van der Waals surface area contributed by atoms with E-state index in [0.29, 0.717) is 12.3 Å². The molecular weight excluding hydrogens is 312 g/mol. The molecule has 0 aromatic carbocycles. The maximum absolute atomic E-state index is 12.1. The average molecular weight is 334 g/mol. The number of ether oxygens (including phenoxy) is 1. The average Bonchev–Trinajstić information content (AvgIpc) is 2.90. The summed E-state index contributed by atoms with van der Waals surface area (Å²) in [6, 6.07) is 2.92. The molecule has 21 heavy (non-hydrogen) atoms. The van der Waals surface area contributed by atoms with Gasteiger partial charge in [-0.05, 0) is 30.7 Å². The zero-order valence-corrected chi connectivity index (χ0v) is 14.1. The number of carbonyl (C=O) groups excluding carboxylic acids is 1. The van der Waals surface area contributed by atoms with Gasteiger partial charge in [-0.25, -0.2) is 17.9 Å². The highest BCUT2D eigenvalue weighted by molar-refractivity contribution is 7.91. The Kier molecular flexibility index (Phi) is 7.13. The molecule has 1 atom stereocenters. The Balaban J connectivity index is 2.62. The van der Waals surface area contributed by atoms with E-state index in [1.807, 2.05) is 13.8 Å². The SMILES string of the molecule is CCOC(=O)N[C@@H](CNS(=O)(=O)c1cccs1)CC(C)C. The van der Waals surface area contributed by atoms with E-state index in [-0.39, 0.29) is 23.4 Å². The summed E-state index contributed by atoms with van der Waals surface area (Å²) in [4.78, 5) is 11.5. The van der Waals surface area contributed by atoms with Crippen molar-refractivity contribution >= 4 is 27.5 Å². The van der Waals surface area contributed by atoms with Crippen molar-refractivity contribution in [2.24, 2.45) is 5.92 Å². The van der Waals surface area contributed by atoms with Crippen molar-refractivity contribution in [3.8, 4) is 0 Å². The van der Waals surface area contributed by atoms with E-state index in [2.05, 4.69) is 10.0 Å². The minimum Gasteiger partial charge on any atom is -0.450 e. The number of thiophene rings is 1.